The molecule has 0 spiro atoms. The maximum Gasteiger partial charge on any atom is 0.254 e. The normalized spacial score (nSPS) is 16.2. The lowest BCUT2D eigenvalue weighted by Crippen LogP contribution is -2.36. The number of piperidine rings is 1. The zero-order chi connectivity index (χ0) is 11.4. The molecule has 0 unspecified atom stereocenters. The van der Waals surface area contributed by atoms with Crippen molar-refractivity contribution in [1.29, 1.82) is 0 Å². The highest BCUT2D eigenvalue weighted by Crippen LogP contribution is 2.16. The Balaban J connectivity index is 2.19. The number of hydrogen-bond donors (Lipinski definition) is 0. The molecule has 0 atom stereocenters. The van der Waals surface area contributed by atoms with Crippen LogP contribution in [0.1, 0.15) is 35.2 Å². The van der Waals surface area contributed by atoms with E-state index in [9.17, 15) is 4.79 Å². The summed E-state index contributed by atoms with van der Waals surface area (Å²) in [5.74, 6) is 0.0996. The minimum absolute atomic E-state index is 0.0996. The molecule has 1 aliphatic rings. The number of nitrogens with zero attached hydrogens (tertiary/aromatic N) is 1. The van der Waals surface area contributed by atoms with E-state index >= 15 is 0 Å². The lowest BCUT2D eigenvalue weighted by molar-refractivity contribution is 0.0723. The molecular formula is C13H17N2O. The van der Waals surface area contributed by atoms with Gasteiger partial charge < -0.3 is 4.90 Å². The molecule has 1 amide bonds. The topological polar surface area (TPSA) is 44.1 Å². The molecule has 0 aliphatic carbocycles. The molecule has 1 N–H and O–H groups in total. The van der Waals surface area contributed by atoms with Crippen LogP contribution in [0.3, 0.4) is 0 Å². The van der Waals surface area contributed by atoms with Gasteiger partial charge in [0.15, 0.2) is 0 Å². The van der Waals surface area contributed by atoms with E-state index in [1.54, 1.807) is 0 Å². The van der Waals surface area contributed by atoms with Crippen LogP contribution in [0.4, 0.5) is 0 Å². The van der Waals surface area contributed by atoms with Crippen LogP contribution in [0.25, 0.3) is 0 Å². The van der Waals surface area contributed by atoms with E-state index in [-0.39, 0.29) is 12.5 Å². The predicted octanol–water partition coefficient (Wildman–Crippen LogP) is 2.10. The van der Waals surface area contributed by atoms with Gasteiger partial charge in [-0.3, -0.25) is 10.5 Å². The Kier molecular flexibility index (Phi) is 3.57. The van der Waals surface area contributed by atoms with Gasteiger partial charge in [-0.25, -0.2) is 0 Å². The summed E-state index contributed by atoms with van der Waals surface area (Å²) in [6, 6.07) is 7.46. The predicted molar refractivity (Wildman–Crippen MR) is 63.0 cm³/mol. The number of carbonyl (C=O) groups is 1. The van der Waals surface area contributed by atoms with Crippen molar-refractivity contribution >= 4 is 5.91 Å². The first-order valence-corrected chi connectivity index (χ1v) is 5.84. The lowest BCUT2D eigenvalue weighted by Gasteiger charge is -2.27. The Morgan fingerprint density at radius 1 is 1.19 bits per heavy atom. The Bertz CT molecular complexity index is 370. The molecule has 0 aromatic heterocycles. The van der Waals surface area contributed by atoms with Crippen LogP contribution in [-0.4, -0.2) is 23.9 Å². The number of amides is 1. The number of benzene rings is 1. The van der Waals surface area contributed by atoms with Gasteiger partial charge in [-0.2, -0.15) is 0 Å². The quantitative estimate of drug-likeness (QED) is 0.748. The minimum atomic E-state index is 0.0996. The summed E-state index contributed by atoms with van der Waals surface area (Å²) in [6.45, 7) is 1.91. The fourth-order valence-corrected chi connectivity index (χ4v) is 2.15. The monoisotopic (exact) mass is 217 g/mol. The molecule has 1 saturated heterocycles. The Morgan fingerprint density at radius 3 is 2.56 bits per heavy atom. The van der Waals surface area contributed by atoms with E-state index in [1.807, 2.05) is 29.2 Å². The molecule has 1 aromatic rings. The number of hydrogen-bond acceptors (Lipinski definition) is 1. The highest BCUT2D eigenvalue weighted by atomic mass is 16.2. The van der Waals surface area contributed by atoms with Crippen molar-refractivity contribution in [2.45, 2.75) is 25.8 Å². The molecule has 16 heavy (non-hydrogen) atoms. The van der Waals surface area contributed by atoms with Crippen molar-refractivity contribution < 1.29 is 4.79 Å². The van der Waals surface area contributed by atoms with E-state index < -0.39 is 0 Å². The van der Waals surface area contributed by atoms with Crippen LogP contribution in [0.5, 0.6) is 0 Å². The van der Waals surface area contributed by atoms with Crippen LogP contribution in [0, 0.1) is 0 Å². The highest BCUT2D eigenvalue weighted by Gasteiger charge is 2.19. The molecule has 1 heterocycles. The number of rotatable bonds is 2. The smallest absolute Gasteiger partial charge is 0.254 e. The number of likely N-dealkylation sites (tertiary alicyclic amines) is 1. The zero-order valence-electron chi connectivity index (χ0n) is 9.41. The average molecular weight is 217 g/mol. The van der Waals surface area contributed by atoms with Crippen molar-refractivity contribution in [1.82, 2.24) is 10.6 Å². The molecular weight excluding hydrogens is 200 g/mol. The lowest BCUT2D eigenvalue weighted by atomic mass is 10.0. The third kappa shape index (κ3) is 2.25. The van der Waals surface area contributed by atoms with Crippen LogP contribution in [0.2, 0.25) is 0 Å². The first-order valence-electron chi connectivity index (χ1n) is 5.84. The first kappa shape index (κ1) is 11.1. The first-order chi connectivity index (χ1) is 7.83. The molecule has 2 rings (SSSR count). The van der Waals surface area contributed by atoms with E-state index in [2.05, 4.69) is 0 Å². The molecule has 3 nitrogen and oxygen atoms in total. The van der Waals surface area contributed by atoms with E-state index in [0.717, 1.165) is 31.5 Å². The molecule has 1 aliphatic heterocycles. The van der Waals surface area contributed by atoms with E-state index in [4.69, 9.17) is 5.73 Å². The van der Waals surface area contributed by atoms with Gasteiger partial charge in [0, 0.05) is 25.2 Å². The molecule has 85 valence electrons. The van der Waals surface area contributed by atoms with Gasteiger partial charge in [-0.1, -0.05) is 18.2 Å². The van der Waals surface area contributed by atoms with Gasteiger partial charge in [0.2, 0.25) is 0 Å². The van der Waals surface area contributed by atoms with Crippen molar-refractivity contribution in [2.75, 3.05) is 13.1 Å². The molecule has 3 heteroatoms. The molecule has 0 bridgehead atoms. The van der Waals surface area contributed by atoms with E-state index in [0.29, 0.717) is 5.56 Å². The number of carbonyl (C=O) groups excluding carboxylic acids is 1. The Labute approximate surface area is 96.2 Å². The fourth-order valence-electron chi connectivity index (χ4n) is 2.15. The Morgan fingerprint density at radius 2 is 1.88 bits per heavy atom. The minimum Gasteiger partial charge on any atom is -0.339 e. The van der Waals surface area contributed by atoms with Crippen LogP contribution >= 0.6 is 0 Å². The largest absolute Gasteiger partial charge is 0.339 e. The summed E-state index contributed by atoms with van der Waals surface area (Å²) in [7, 11) is 0. The second-order valence-corrected chi connectivity index (χ2v) is 4.19. The standard InChI is InChI=1S/C13H17N2O/c14-10-11-6-2-3-7-12(11)13(16)15-8-4-1-5-9-15/h2-3,6-7,14H,1,4-5,8-10H2. The SMILES string of the molecule is [NH]Cc1ccccc1C(=O)N1CCCCC1. The van der Waals surface area contributed by atoms with Crippen molar-refractivity contribution in [2.24, 2.45) is 0 Å². The maximum absolute atomic E-state index is 12.2. The molecule has 1 fully saturated rings. The summed E-state index contributed by atoms with van der Waals surface area (Å²) >= 11 is 0. The van der Waals surface area contributed by atoms with Crippen LogP contribution < -0.4 is 5.73 Å². The summed E-state index contributed by atoms with van der Waals surface area (Å²) in [5, 5.41) is 0. The van der Waals surface area contributed by atoms with Gasteiger partial charge in [-0.05, 0) is 30.9 Å². The second-order valence-electron chi connectivity index (χ2n) is 4.19. The summed E-state index contributed by atoms with van der Waals surface area (Å²) in [5.41, 5.74) is 8.96. The van der Waals surface area contributed by atoms with E-state index in [1.165, 1.54) is 6.42 Å². The Hall–Kier alpha value is -1.35. The number of nitrogens with one attached hydrogen (secondary N) is 1. The van der Waals surface area contributed by atoms with Crippen molar-refractivity contribution in [3.8, 4) is 0 Å². The maximum atomic E-state index is 12.2. The third-order valence-electron chi connectivity index (χ3n) is 3.08. The van der Waals surface area contributed by atoms with Crippen molar-refractivity contribution in [3.63, 3.8) is 0 Å². The van der Waals surface area contributed by atoms with Crippen molar-refractivity contribution in [3.05, 3.63) is 35.4 Å². The highest BCUT2D eigenvalue weighted by molar-refractivity contribution is 5.95. The van der Waals surface area contributed by atoms with Crippen LogP contribution in [0.15, 0.2) is 24.3 Å². The zero-order valence-corrected chi connectivity index (χ0v) is 9.41. The van der Waals surface area contributed by atoms with Gasteiger partial charge in [-0.15, -0.1) is 0 Å². The van der Waals surface area contributed by atoms with Gasteiger partial charge in [0.05, 0.1) is 0 Å². The summed E-state index contributed by atoms with van der Waals surface area (Å²) < 4.78 is 0. The average Bonchev–Trinajstić information content (AvgIpc) is 2.39. The molecule has 1 radical (unpaired) electrons. The second kappa shape index (κ2) is 5.12. The summed E-state index contributed by atoms with van der Waals surface area (Å²) in [6.07, 6.45) is 3.44. The third-order valence-corrected chi connectivity index (χ3v) is 3.08. The molecule has 0 saturated carbocycles. The fraction of sp³-hybridized carbons (Fsp3) is 0.462. The molecule has 1 aromatic carbocycles. The van der Waals surface area contributed by atoms with Crippen LogP contribution in [-0.2, 0) is 6.54 Å². The summed E-state index contributed by atoms with van der Waals surface area (Å²) in [4.78, 5) is 14.1. The van der Waals surface area contributed by atoms with Gasteiger partial charge >= 0.3 is 0 Å². The van der Waals surface area contributed by atoms with Gasteiger partial charge in [0.25, 0.3) is 5.91 Å². The van der Waals surface area contributed by atoms with Gasteiger partial charge in [0.1, 0.15) is 0 Å².